The zero-order valence-electron chi connectivity index (χ0n) is 11.6. The first-order valence-corrected chi connectivity index (χ1v) is 7.61. The van der Waals surface area contributed by atoms with Gasteiger partial charge >= 0.3 is 0 Å². The van der Waals surface area contributed by atoms with Crippen LogP contribution in [0.3, 0.4) is 0 Å². The SMILES string of the molecule is CCC(C)(C)N(C)C(=O)CSC1CCNCC1. The summed E-state index contributed by atoms with van der Waals surface area (Å²) in [5, 5.41) is 4.01. The van der Waals surface area contributed by atoms with Crippen molar-refractivity contribution >= 4 is 17.7 Å². The van der Waals surface area contributed by atoms with Crippen LogP contribution in [0.4, 0.5) is 0 Å². The topological polar surface area (TPSA) is 32.3 Å². The van der Waals surface area contributed by atoms with Crippen molar-refractivity contribution in [3.8, 4) is 0 Å². The highest BCUT2D eigenvalue weighted by Crippen LogP contribution is 2.22. The molecule has 1 amide bonds. The monoisotopic (exact) mass is 258 g/mol. The van der Waals surface area contributed by atoms with Gasteiger partial charge < -0.3 is 10.2 Å². The Morgan fingerprint density at radius 2 is 2.00 bits per heavy atom. The molecule has 100 valence electrons. The maximum absolute atomic E-state index is 12.1. The molecule has 0 unspecified atom stereocenters. The van der Waals surface area contributed by atoms with Crippen LogP contribution in [0, 0.1) is 0 Å². The molecule has 4 heteroatoms. The molecule has 0 aromatic heterocycles. The number of nitrogens with one attached hydrogen (secondary N) is 1. The predicted octanol–water partition coefficient (Wildman–Crippen LogP) is 2.12. The summed E-state index contributed by atoms with van der Waals surface area (Å²) in [5.74, 6) is 0.894. The third kappa shape index (κ3) is 4.51. The van der Waals surface area contributed by atoms with Crippen LogP contribution in [0.15, 0.2) is 0 Å². The van der Waals surface area contributed by atoms with Crippen molar-refractivity contribution in [2.45, 2.75) is 50.8 Å². The fourth-order valence-electron chi connectivity index (χ4n) is 1.82. The molecule has 0 spiro atoms. The van der Waals surface area contributed by atoms with Crippen molar-refractivity contribution < 1.29 is 4.79 Å². The van der Waals surface area contributed by atoms with Crippen molar-refractivity contribution in [3.63, 3.8) is 0 Å². The lowest BCUT2D eigenvalue weighted by Gasteiger charge is -2.35. The zero-order chi connectivity index (χ0) is 12.9. The number of thioether (sulfide) groups is 1. The fraction of sp³-hybridized carbons (Fsp3) is 0.923. The summed E-state index contributed by atoms with van der Waals surface area (Å²) >= 11 is 1.83. The molecule has 0 aromatic carbocycles. The van der Waals surface area contributed by atoms with Crippen LogP contribution in [-0.4, -0.2) is 47.5 Å². The van der Waals surface area contributed by atoms with E-state index in [0.29, 0.717) is 11.0 Å². The van der Waals surface area contributed by atoms with Crippen molar-refractivity contribution in [2.24, 2.45) is 0 Å². The highest BCUT2D eigenvalue weighted by Gasteiger charge is 2.26. The highest BCUT2D eigenvalue weighted by atomic mass is 32.2. The van der Waals surface area contributed by atoms with Gasteiger partial charge in [0.15, 0.2) is 0 Å². The van der Waals surface area contributed by atoms with E-state index < -0.39 is 0 Å². The first-order chi connectivity index (χ1) is 7.97. The molecule has 1 rings (SSSR count). The largest absolute Gasteiger partial charge is 0.340 e. The predicted molar refractivity (Wildman–Crippen MR) is 75.5 cm³/mol. The second-order valence-corrected chi connectivity index (χ2v) is 6.67. The molecule has 1 saturated heterocycles. The van der Waals surface area contributed by atoms with Crippen molar-refractivity contribution in [3.05, 3.63) is 0 Å². The molecule has 0 radical (unpaired) electrons. The molecule has 0 aromatic rings. The van der Waals surface area contributed by atoms with Gasteiger partial charge in [0.1, 0.15) is 0 Å². The summed E-state index contributed by atoms with van der Waals surface area (Å²) in [4.78, 5) is 14.0. The van der Waals surface area contributed by atoms with Gasteiger partial charge in [-0.1, -0.05) is 6.92 Å². The Labute approximate surface area is 110 Å². The van der Waals surface area contributed by atoms with E-state index in [9.17, 15) is 4.79 Å². The van der Waals surface area contributed by atoms with E-state index in [1.54, 1.807) is 0 Å². The smallest absolute Gasteiger partial charge is 0.232 e. The molecular weight excluding hydrogens is 232 g/mol. The van der Waals surface area contributed by atoms with Gasteiger partial charge in [-0.05, 0) is 46.2 Å². The Balaban J connectivity index is 2.33. The summed E-state index contributed by atoms with van der Waals surface area (Å²) in [7, 11) is 1.93. The zero-order valence-corrected chi connectivity index (χ0v) is 12.4. The summed E-state index contributed by atoms with van der Waals surface area (Å²) in [5.41, 5.74) is -0.0221. The molecule has 0 bridgehead atoms. The lowest BCUT2D eigenvalue weighted by atomic mass is 10.0. The van der Waals surface area contributed by atoms with E-state index in [2.05, 4.69) is 26.1 Å². The van der Waals surface area contributed by atoms with Crippen LogP contribution in [0.1, 0.15) is 40.0 Å². The number of carbonyl (C=O) groups is 1. The number of hydrogen-bond acceptors (Lipinski definition) is 3. The quantitative estimate of drug-likeness (QED) is 0.820. The molecular formula is C13H26N2OS. The number of carbonyl (C=O) groups excluding carboxylic acids is 1. The van der Waals surface area contributed by atoms with Gasteiger partial charge in [-0.3, -0.25) is 4.79 Å². The second-order valence-electron chi connectivity index (χ2n) is 5.38. The van der Waals surface area contributed by atoms with Crippen molar-refractivity contribution in [1.29, 1.82) is 0 Å². The molecule has 1 fully saturated rings. The van der Waals surface area contributed by atoms with Crippen LogP contribution in [-0.2, 0) is 4.79 Å². The molecule has 1 aliphatic rings. The van der Waals surface area contributed by atoms with E-state index in [0.717, 1.165) is 19.5 Å². The Morgan fingerprint density at radius 1 is 1.41 bits per heavy atom. The number of hydrogen-bond donors (Lipinski definition) is 1. The molecule has 0 saturated carbocycles. The summed E-state index contributed by atoms with van der Waals surface area (Å²) < 4.78 is 0. The number of rotatable bonds is 5. The average Bonchev–Trinajstić information content (AvgIpc) is 2.36. The molecule has 0 aliphatic carbocycles. The van der Waals surface area contributed by atoms with Crippen LogP contribution in [0.5, 0.6) is 0 Å². The normalized spacial score (nSPS) is 18.1. The summed E-state index contributed by atoms with van der Waals surface area (Å²) in [6.07, 6.45) is 3.38. The van der Waals surface area contributed by atoms with Crippen LogP contribution < -0.4 is 5.32 Å². The number of amides is 1. The maximum atomic E-state index is 12.1. The van der Waals surface area contributed by atoms with E-state index in [1.807, 2.05) is 23.7 Å². The third-order valence-electron chi connectivity index (χ3n) is 3.88. The molecule has 1 N–H and O–H groups in total. The van der Waals surface area contributed by atoms with Crippen LogP contribution >= 0.6 is 11.8 Å². The minimum Gasteiger partial charge on any atom is -0.340 e. The summed E-state index contributed by atoms with van der Waals surface area (Å²) in [6, 6.07) is 0. The van der Waals surface area contributed by atoms with Gasteiger partial charge in [-0.25, -0.2) is 0 Å². The van der Waals surface area contributed by atoms with Crippen LogP contribution in [0.25, 0.3) is 0 Å². The highest BCUT2D eigenvalue weighted by molar-refractivity contribution is 8.00. The molecule has 17 heavy (non-hydrogen) atoms. The minimum atomic E-state index is -0.0221. The first kappa shape index (κ1) is 14.8. The van der Waals surface area contributed by atoms with Gasteiger partial charge in [-0.2, -0.15) is 0 Å². The van der Waals surface area contributed by atoms with Crippen molar-refractivity contribution in [1.82, 2.24) is 10.2 Å². The Morgan fingerprint density at radius 3 is 2.53 bits per heavy atom. The Kier molecular flexibility index (Phi) is 5.80. The molecule has 0 atom stereocenters. The standard InChI is InChI=1S/C13H26N2OS/c1-5-13(2,3)15(4)12(16)10-17-11-6-8-14-9-7-11/h11,14H,5-10H2,1-4H3. The number of nitrogens with zero attached hydrogens (tertiary/aromatic N) is 1. The Bertz CT molecular complexity index is 250. The molecule has 1 heterocycles. The Hall–Kier alpha value is -0.220. The summed E-state index contributed by atoms with van der Waals surface area (Å²) in [6.45, 7) is 8.58. The first-order valence-electron chi connectivity index (χ1n) is 6.56. The average molecular weight is 258 g/mol. The third-order valence-corrected chi connectivity index (χ3v) is 5.23. The lowest BCUT2D eigenvalue weighted by Crippen LogP contribution is -2.45. The van der Waals surface area contributed by atoms with Gasteiger partial charge in [-0.15, -0.1) is 11.8 Å². The fourth-order valence-corrected chi connectivity index (χ4v) is 2.96. The van der Waals surface area contributed by atoms with E-state index >= 15 is 0 Å². The van der Waals surface area contributed by atoms with Crippen LogP contribution in [0.2, 0.25) is 0 Å². The number of piperidine rings is 1. The maximum Gasteiger partial charge on any atom is 0.232 e. The van der Waals surface area contributed by atoms with E-state index in [4.69, 9.17) is 0 Å². The lowest BCUT2D eigenvalue weighted by molar-refractivity contribution is -0.131. The van der Waals surface area contributed by atoms with E-state index in [1.165, 1.54) is 12.8 Å². The van der Waals surface area contributed by atoms with Crippen molar-refractivity contribution in [2.75, 3.05) is 25.9 Å². The van der Waals surface area contributed by atoms with E-state index in [-0.39, 0.29) is 11.4 Å². The molecule has 1 aliphatic heterocycles. The minimum absolute atomic E-state index is 0.0221. The van der Waals surface area contributed by atoms with Gasteiger partial charge in [0, 0.05) is 17.8 Å². The van der Waals surface area contributed by atoms with Gasteiger partial charge in [0.05, 0.1) is 5.75 Å². The van der Waals surface area contributed by atoms with Gasteiger partial charge in [0.2, 0.25) is 5.91 Å². The molecule has 3 nitrogen and oxygen atoms in total. The second kappa shape index (κ2) is 6.64. The van der Waals surface area contributed by atoms with Gasteiger partial charge in [0.25, 0.3) is 0 Å².